The monoisotopic (exact) mass is 471 g/mol. The van der Waals surface area contributed by atoms with Crippen LogP contribution in [0.2, 0.25) is 0 Å². The van der Waals surface area contributed by atoms with E-state index in [1.165, 1.54) is 19.1 Å². The SMILES string of the molecule is COC(=O)c1ccc([C@H]2NC(=O)N(c3ccccc3)C(C)=C2C(=O)Nc2ccccc2OC)cc1. The van der Waals surface area contributed by atoms with Crippen LogP contribution < -0.4 is 20.3 Å². The fourth-order valence-corrected chi connectivity index (χ4v) is 4.04. The van der Waals surface area contributed by atoms with Gasteiger partial charge in [-0.3, -0.25) is 9.69 Å². The third kappa shape index (κ3) is 4.72. The van der Waals surface area contributed by atoms with Crippen LogP contribution in [0.3, 0.4) is 0 Å². The zero-order valence-corrected chi connectivity index (χ0v) is 19.6. The summed E-state index contributed by atoms with van der Waals surface area (Å²) in [6, 6.07) is 21.6. The average Bonchev–Trinajstić information content (AvgIpc) is 2.88. The van der Waals surface area contributed by atoms with Gasteiger partial charge in [0.05, 0.1) is 42.8 Å². The van der Waals surface area contributed by atoms with Gasteiger partial charge in [0.2, 0.25) is 0 Å². The smallest absolute Gasteiger partial charge is 0.337 e. The lowest BCUT2D eigenvalue weighted by molar-refractivity contribution is -0.113. The second-order valence-electron chi connectivity index (χ2n) is 7.82. The highest BCUT2D eigenvalue weighted by atomic mass is 16.5. The number of para-hydroxylation sites is 3. The van der Waals surface area contributed by atoms with Gasteiger partial charge in [0.25, 0.3) is 5.91 Å². The number of rotatable bonds is 6. The molecule has 178 valence electrons. The molecule has 0 unspecified atom stereocenters. The summed E-state index contributed by atoms with van der Waals surface area (Å²) in [5.41, 5.74) is 2.97. The van der Waals surface area contributed by atoms with E-state index in [2.05, 4.69) is 10.6 Å². The van der Waals surface area contributed by atoms with Crippen molar-refractivity contribution >= 4 is 29.3 Å². The highest BCUT2D eigenvalue weighted by Gasteiger charge is 2.36. The number of hydrogen-bond donors (Lipinski definition) is 2. The molecule has 1 heterocycles. The van der Waals surface area contributed by atoms with Gasteiger partial charge in [-0.15, -0.1) is 0 Å². The predicted octanol–water partition coefficient (Wildman–Crippen LogP) is 4.67. The summed E-state index contributed by atoms with van der Waals surface area (Å²) in [5.74, 6) is -0.354. The number of hydrogen-bond acceptors (Lipinski definition) is 5. The van der Waals surface area contributed by atoms with E-state index >= 15 is 0 Å². The van der Waals surface area contributed by atoms with Crippen LogP contribution >= 0.6 is 0 Å². The molecule has 0 fully saturated rings. The van der Waals surface area contributed by atoms with Crippen LogP contribution in [-0.2, 0) is 9.53 Å². The third-order valence-electron chi connectivity index (χ3n) is 5.76. The number of anilines is 2. The van der Waals surface area contributed by atoms with Crippen LogP contribution in [0.1, 0.15) is 28.9 Å². The number of carbonyl (C=O) groups excluding carboxylic acids is 3. The molecule has 4 rings (SSSR count). The van der Waals surface area contributed by atoms with Crippen molar-refractivity contribution in [3.05, 3.63) is 101 Å². The van der Waals surface area contributed by atoms with Crippen molar-refractivity contribution in [2.75, 3.05) is 24.4 Å². The Labute approximate surface area is 203 Å². The first-order valence-electron chi connectivity index (χ1n) is 10.9. The Kier molecular flexibility index (Phi) is 6.82. The molecule has 2 N–H and O–H groups in total. The van der Waals surface area contributed by atoms with Crippen molar-refractivity contribution in [1.82, 2.24) is 5.32 Å². The van der Waals surface area contributed by atoms with Gasteiger partial charge in [0.15, 0.2) is 0 Å². The minimum absolute atomic E-state index is 0.352. The molecule has 3 aromatic carbocycles. The number of allylic oxidation sites excluding steroid dienone is 1. The predicted molar refractivity (Wildman–Crippen MR) is 132 cm³/mol. The number of carbonyl (C=O) groups is 3. The highest BCUT2D eigenvalue weighted by molar-refractivity contribution is 6.10. The summed E-state index contributed by atoms with van der Waals surface area (Å²) in [6.07, 6.45) is 0. The first-order valence-corrected chi connectivity index (χ1v) is 10.9. The lowest BCUT2D eigenvalue weighted by atomic mass is 9.93. The Morgan fingerprint density at radius 2 is 1.57 bits per heavy atom. The zero-order valence-electron chi connectivity index (χ0n) is 19.6. The normalized spacial score (nSPS) is 15.3. The zero-order chi connectivity index (χ0) is 24.9. The van der Waals surface area contributed by atoms with Crippen molar-refractivity contribution in [3.63, 3.8) is 0 Å². The molecule has 0 bridgehead atoms. The number of esters is 1. The van der Waals surface area contributed by atoms with E-state index < -0.39 is 17.9 Å². The Morgan fingerprint density at radius 1 is 0.914 bits per heavy atom. The van der Waals surface area contributed by atoms with Gasteiger partial charge >= 0.3 is 12.0 Å². The minimum atomic E-state index is -0.746. The maximum absolute atomic E-state index is 13.7. The molecule has 3 aromatic rings. The van der Waals surface area contributed by atoms with Crippen LogP contribution in [0, 0.1) is 0 Å². The summed E-state index contributed by atoms with van der Waals surface area (Å²) in [7, 11) is 2.83. The second-order valence-corrected chi connectivity index (χ2v) is 7.82. The second kappa shape index (κ2) is 10.1. The van der Waals surface area contributed by atoms with Crippen LogP contribution in [0.5, 0.6) is 5.75 Å². The Morgan fingerprint density at radius 3 is 2.23 bits per heavy atom. The van der Waals surface area contributed by atoms with E-state index in [1.807, 2.05) is 24.3 Å². The Balaban J connectivity index is 1.79. The lowest BCUT2D eigenvalue weighted by Crippen LogP contribution is -2.48. The quantitative estimate of drug-likeness (QED) is 0.510. The van der Waals surface area contributed by atoms with Crippen molar-refractivity contribution in [2.45, 2.75) is 13.0 Å². The molecule has 0 saturated heterocycles. The average molecular weight is 472 g/mol. The van der Waals surface area contributed by atoms with E-state index in [4.69, 9.17) is 9.47 Å². The molecular weight excluding hydrogens is 446 g/mol. The van der Waals surface area contributed by atoms with Gasteiger partial charge in [0.1, 0.15) is 5.75 Å². The van der Waals surface area contributed by atoms with E-state index in [-0.39, 0.29) is 6.03 Å². The van der Waals surface area contributed by atoms with Crippen LogP contribution in [0.15, 0.2) is 90.1 Å². The van der Waals surface area contributed by atoms with Crippen LogP contribution in [-0.4, -0.2) is 32.1 Å². The topological polar surface area (TPSA) is 97.0 Å². The van der Waals surface area contributed by atoms with Gasteiger partial charge in [-0.05, 0) is 48.9 Å². The molecule has 0 aromatic heterocycles. The number of benzene rings is 3. The number of nitrogens with zero attached hydrogens (tertiary/aromatic N) is 1. The van der Waals surface area contributed by atoms with Crippen LogP contribution in [0.25, 0.3) is 0 Å². The fourth-order valence-electron chi connectivity index (χ4n) is 4.04. The molecule has 0 saturated carbocycles. The van der Waals surface area contributed by atoms with Crippen molar-refractivity contribution in [3.8, 4) is 5.75 Å². The van der Waals surface area contributed by atoms with Gasteiger partial charge in [-0.1, -0.05) is 42.5 Å². The van der Waals surface area contributed by atoms with Crippen molar-refractivity contribution in [2.24, 2.45) is 0 Å². The molecule has 1 aliphatic heterocycles. The minimum Gasteiger partial charge on any atom is -0.495 e. The van der Waals surface area contributed by atoms with Crippen molar-refractivity contribution < 1.29 is 23.9 Å². The van der Waals surface area contributed by atoms with Crippen molar-refractivity contribution in [1.29, 1.82) is 0 Å². The van der Waals surface area contributed by atoms with Gasteiger partial charge in [-0.25, -0.2) is 9.59 Å². The summed E-state index contributed by atoms with van der Waals surface area (Å²) in [4.78, 5) is 40.2. The number of ether oxygens (including phenoxy) is 2. The number of nitrogens with one attached hydrogen (secondary N) is 2. The number of methoxy groups -OCH3 is 2. The molecule has 1 aliphatic rings. The van der Waals surface area contributed by atoms with Crippen LogP contribution in [0.4, 0.5) is 16.2 Å². The highest BCUT2D eigenvalue weighted by Crippen LogP contribution is 2.35. The maximum Gasteiger partial charge on any atom is 0.337 e. The lowest BCUT2D eigenvalue weighted by Gasteiger charge is -2.36. The first-order chi connectivity index (χ1) is 16.9. The summed E-state index contributed by atoms with van der Waals surface area (Å²) in [6.45, 7) is 1.73. The molecule has 3 amide bonds. The summed E-state index contributed by atoms with van der Waals surface area (Å²) in [5, 5.41) is 5.85. The number of amides is 3. The van der Waals surface area contributed by atoms with E-state index in [9.17, 15) is 14.4 Å². The molecule has 0 aliphatic carbocycles. The fraction of sp³-hybridized carbons (Fsp3) is 0.148. The maximum atomic E-state index is 13.7. The molecule has 1 atom stereocenters. The van der Waals surface area contributed by atoms with Gasteiger partial charge < -0.3 is 20.1 Å². The molecule has 8 heteroatoms. The molecule has 35 heavy (non-hydrogen) atoms. The molecule has 0 radical (unpaired) electrons. The largest absolute Gasteiger partial charge is 0.495 e. The van der Waals surface area contributed by atoms with E-state index in [0.717, 1.165) is 0 Å². The first kappa shape index (κ1) is 23.6. The van der Waals surface area contributed by atoms with E-state index in [0.29, 0.717) is 39.5 Å². The van der Waals surface area contributed by atoms with E-state index in [1.54, 1.807) is 61.5 Å². The van der Waals surface area contributed by atoms with Gasteiger partial charge in [-0.2, -0.15) is 0 Å². The summed E-state index contributed by atoms with van der Waals surface area (Å²) >= 11 is 0. The molecular formula is C27H25N3O5. The number of urea groups is 1. The summed E-state index contributed by atoms with van der Waals surface area (Å²) < 4.78 is 10.1. The third-order valence-corrected chi connectivity index (χ3v) is 5.76. The standard InChI is InChI=1S/C27H25N3O5/c1-17-23(25(31)28-21-11-7-8-12-22(21)34-2)24(18-13-15-19(16-14-18)26(32)35-3)29-27(33)30(17)20-9-5-4-6-10-20/h4-16,24H,1-3H3,(H,28,31)(H,29,33)/t24-/m1/s1. The molecule has 0 spiro atoms. The Bertz CT molecular complexity index is 1290. The van der Waals surface area contributed by atoms with Gasteiger partial charge in [0, 0.05) is 5.70 Å². The Hall–Kier alpha value is -4.59. The molecule has 8 nitrogen and oxygen atoms in total.